The van der Waals surface area contributed by atoms with Crippen LogP contribution in [0, 0.1) is 0 Å². The third kappa shape index (κ3) is 1.53. The summed E-state index contributed by atoms with van der Waals surface area (Å²) in [7, 11) is 0. The van der Waals surface area contributed by atoms with E-state index in [1.807, 2.05) is 6.07 Å². The standard InChI is InChI=1S/C10H7N5O2/c16-9(17)7-5-15-10(12-7)13-8(14-15)6-2-1-3-11-4-6/h1-5H,(H,16,17)(H,12,13,14). The summed E-state index contributed by atoms with van der Waals surface area (Å²) in [5.41, 5.74) is 0.774. The van der Waals surface area contributed by atoms with E-state index in [4.69, 9.17) is 5.11 Å². The number of carbonyl (C=O) groups is 1. The van der Waals surface area contributed by atoms with Gasteiger partial charge in [0.1, 0.15) is 0 Å². The molecule has 7 heteroatoms. The van der Waals surface area contributed by atoms with Gasteiger partial charge in [0.2, 0.25) is 0 Å². The summed E-state index contributed by atoms with van der Waals surface area (Å²) in [6, 6.07) is 3.65. The third-order valence-electron chi connectivity index (χ3n) is 2.28. The molecule has 0 fully saturated rings. The quantitative estimate of drug-likeness (QED) is 0.678. The lowest BCUT2D eigenvalue weighted by Gasteiger charge is -1.92. The summed E-state index contributed by atoms with van der Waals surface area (Å²) in [6.45, 7) is 0. The average molecular weight is 229 g/mol. The molecule has 0 radical (unpaired) electrons. The largest absolute Gasteiger partial charge is 0.476 e. The van der Waals surface area contributed by atoms with Crippen molar-refractivity contribution in [2.75, 3.05) is 0 Å². The van der Waals surface area contributed by atoms with Crippen molar-refractivity contribution < 1.29 is 9.90 Å². The van der Waals surface area contributed by atoms with Crippen LogP contribution in [0.25, 0.3) is 17.2 Å². The second-order valence-electron chi connectivity index (χ2n) is 3.42. The fraction of sp³-hybridized carbons (Fsp3) is 0. The molecule has 0 saturated heterocycles. The number of aromatic nitrogens is 5. The zero-order valence-electron chi connectivity index (χ0n) is 8.53. The highest BCUT2D eigenvalue weighted by atomic mass is 16.4. The van der Waals surface area contributed by atoms with Crippen LogP contribution in [0.3, 0.4) is 0 Å². The summed E-state index contributed by atoms with van der Waals surface area (Å²) in [4.78, 5) is 22.7. The van der Waals surface area contributed by atoms with Gasteiger partial charge in [0.05, 0.1) is 6.20 Å². The number of carboxylic acids is 1. The Balaban J connectivity index is 2.10. The highest BCUT2D eigenvalue weighted by molar-refractivity contribution is 5.85. The van der Waals surface area contributed by atoms with Crippen LogP contribution in [-0.2, 0) is 0 Å². The van der Waals surface area contributed by atoms with Gasteiger partial charge in [0, 0.05) is 18.0 Å². The molecule has 0 aliphatic carbocycles. The first-order valence-corrected chi connectivity index (χ1v) is 4.83. The Morgan fingerprint density at radius 2 is 2.29 bits per heavy atom. The van der Waals surface area contributed by atoms with Gasteiger partial charge in [-0.25, -0.2) is 14.3 Å². The van der Waals surface area contributed by atoms with Crippen LogP contribution in [-0.4, -0.2) is 35.6 Å². The maximum atomic E-state index is 10.7. The van der Waals surface area contributed by atoms with E-state index in [-0.39, 0.29) is 5.69 Å². The second kappa shape index (κ2) is 3.41. The monoisotopic (exact) mass is 229 g/mol. The van der Waals surface area contributed by atoms with Crippen molar-refractivity contribution in [2.45, 2.75) is 0 Å². The molecule has 3 aromatic rings. The number of pyridine rings is 1. The van der Waals surface area contributed by atoms with Gasteiger partial charge in [0.15, 0.2) is 11.5 Å². The first-order chi connectivity index (χ1) is 8.24. The Hall–Kier alpha value is -2.70. The molecular formula is C10H7N5O2. The minimum absolute atomic E-state index is 0.0403. The average Bonchev–Trinajstić information content (AvgIpc) is 2.87. The van der Waals surface area contributed by atoms with E-state index >= 15 is 0 Å². The molecule has 0 spiro atoms. The number of rotatable bonds is 2. The molecule has 0 aromatic carbocycles. The Morgan fingerprint density at radius 3 is 2.94 bits per heavy atom. The Labute approximate surface area is 94.8 Å². The van der Waals surface area contributed by atoms with E-state index in [2.05, 4.69) is 20.1 Å². The third-order valence-corrected chi connectivity index (χ3v) is 2.28. The van der Waals surface area contributed by atoms with Crippen molar-refractivity contribution >= 4 is 11.7 Å². The molecule has 7 nitrogen and oxygen atoms in total. The number of nitrogens with zero attached hydrogens (tertiary/aromatic N) is 4. The SMILES string of the molecule is O=C(O)c1cn2[nH]c(-c3cccnc3)nc2n1. The van der Waals surface area contributed by atoms with Crippen molar-refractivity contribution in [1.29, 1.82) is 0 Å². The van der Waals surface area contributed by atoms with Crippen LogP contribution in [0.2, 0.25) is 0 Å². The first-order valence-electron chi connectivity index (χ1n) is 4.83. The van der Waals surface area contributed by atoms with E-state index in [1.165, 1.54) is 10.7 Å². The molecule has 2 N–H and O–H groups in total. The van der Waals surface area contributed by atoms with Gasteiger partial charge in [-0.2, -0.15) is 4.98 Å². The number of hydrogen-bond donors (Lipinski definition) is 2. The first kappa shape index (κ1) is 9.52. The van der Waals surface area contributed by atoms with Crippen molar-refractivity contribution in [1.82, 2.24) is 24.6 Å². The molecule has 0 amide bonds. The van der Waals surface area contributed by atoms with Crippen LogP contribution in [0.15, 0.2) is 30.7 Å². The number of fused-ring (bicyclic) bond motifs is 1. The lowest BCUT2D eigenvalue weighted by molar-refractivity contribution is 0.0691. The second-order valence-corrected chi connectivity index (χ2v) is 3.42. The molecule has 0 saturated carbocycles. The molecule has 0 bridgehead atoms. The molecule has 0 aliphatic rings. The summed E-state index contributed by atoms with van der Waals surface area (Å²) in [5, 5.41) is 11.7. The number of hydrogen-bond acceptors (Lipinski definition) is 4. The topological polar surface area (TPSA) is 96.2 Å². The van der Waals surface area contributed by atoms with Crippen LogP contribution in [0.1, 0.15) is 10.5 Å². The molecule has 84 valence electrons. The number of aromatic amines is 1. The molecule has 0 atom stereocenters. The Kier molecular flexibility index (Phi) is 1.91. The summed E-state index contributed by atoms with van der Waals surface area (Å²) in [5.74, 6) is -0.161. The maximum absolute atomic E-state index is 10.7. The fourth-order valence-corrected chi connectivity index (χ4v) is 1.51. The maximum Gasteiger partial charge on any atom is 0.356 e. The zero-order valence-corrected chi connectivity index (χ0v) is 8.53. The van der Waals surface area contributed by atoms with Crippen molar-refractivity contribution in [3.05, 3.63) is 36.4 Å². The van der Waals surface area contributed by atoms with Gasteiger partial charge in [0.25, 0.3) is 5.78 Å². The van der Waals surface area contributed by atoms with Crippen molar-refractivity contribution in [3.63, 3.8) is 0 Å². The van der Waals surface area contributed by atoms with E-state index < -0.39 is 5.97 Å². The Bertz CT molecular complexity index is 654. The van der Waals surface area contributed by atoms with E-state index in [0.29, 0.717) is 11.6 Å². The molecule has 0 unspecified atom stereocenters. The number of imidazole rings is 1. The molecule has 17 heavy (non-hydrogen) atoms. The van der Waals surface area contributed by atoms with Crippen LogP contribution < -0.4 is 0 Å². The van der Waals surface area contributed by atoms with E-state index in [9.17, 15) is 4.79 Å². The molecule has 3 aromatic heterocycles. The van der Waals surface area contributed by atoms with E-state index in [1.54, 1.807) is 18.5 Å². The van der Waals surface area contributed by atoms with Crippen LogP contribution in [0.5, 0.6) is 0 Å². The molecule has 3 rings (SSSR count). The highest BCUT2D eigenvalue weighted by Gasteiger charge is 2.12. The molecular weight excluding hydrogens is 222 g/mol. The summed E-state index contributed by atoms with van der Waals surface area (Å²) < 4.78 is 1.46. The van der Waals surface area contributed by atoms with Gasteiger partial charge in [-0.15, -0.1) is 0 Å². The van der Waals surface area contributed by atoms with Gasteiger partial charge in [-0.1, -0.05) is 0 Å². The van der Waals surface area contributed by atoms with Gasteiger partial charge >= 0.3 is 5.97 Å². The molecule has 3 heterocycles. The number of nitrogens with one attached hydrogen (secondary N) is 1. The van der Waals surface area contributed by atoms with E-state index in [0.717, 1.165) is 5.56 Å². The van der Waals surface area contributed by atoms with Gasteiger partial charge in [-0.05, 0) is 12.1 Å². The van der Waals surface area contributed by atoms with Crippen LogP contribution in [0.4, 0.5) is 0 Å². The summed E-state index contributed by atoms with van der Waals surface area (Å²) in [6.07, 6.45) is 4.71. The predicted molar refractivity (Wildman–Crippen MR) is 57.5 cm³/mol. The number of carboxylic acid groups (broad SMARTS) is 1. The van der Waals surface area contributed by atoms with Gasteiger partial charge < -0.3 is 5.11 Å². The number of H-pyrrole nitrogens is 1. The van der Waals surface area contributed by atoms with Crippen LogP contribution >= 0.6 is 0 Å². The van der Waals surface area contributed by atoms with Gasteiger partial charge in [-0.3, -0.25) is 10.1 Å². The van der Waals surface area contributed by atoms with Crippen molar-refractivity contribution in [2.24, 2.45) is 0 Å². The zero-order chi connectivity index (χ0) is 11.8. The molecule has 0 aliphatic heterocycles. The van der Waals surface area contributed by atoms with Crippen molar-refractivity contribution in [3.8, 4) is 11.4 Å². The number of aromatic carboxylic acids is 1. The highest BCUT2D eigenvalue weighted by Crippen LogP contribution is 2.14. The lowest BCUT2D eigenvalue weighted by atomic mass is 10.3. The summed E-state index contributed by atoms with van der Waals surface area (Å²) >= 11 is 0. The Morgan fingerprint density at radius 1 is 1.41 bits per heavy atom. The normalized spacial score (nSPS) is 10.8. The minimum atomic E-state index is -1.08. The fourth-order valence-electron chi connectivity index (χ4n) is 1.51. The minimum Gasteiger partial charge on any atom is -0.476 e. The smallest absolute Gasteiger partial charge is 0.356 e. The predicted octanol–water partition coefficient (Wildman–Crippen LogP) is 0.818. The lowest BCUT2D eigenvalue weighted by Crippen LogP contribution is -1.96.